The van der Waals surface area contributed by atoms with Crippen LogP contribution in [0.1, 0.15) is 30.3 Å². The van der Waals surface area contributed by atoms with Crippen molar-refractivity contribution in [3.05, 3.63) is 71.0 Å². The highest BCUT2D eigenvalue weighted by Crippen LogP contribution is 2.30. The molecule has 5 rings (SSSR count). The number of ether oxygens (including phenoxy) is 1. The first kappa shape index (κ1) is 20.4. The smallest absolute Gasteiger partial charge is 0.173 e. The van der Waals surface area contributed by atoms with Gasteiger partial charge in [-0.05, 0) is 53.1 Å². The van der Waals surface area contributed by atoms with Crippen molar-refractivity contribution in [1.29, 1.82) is 0 Å². The van der Waals surface area contributed by atoms with Crippen LogP contribution in [0, 0.1) is 0 Å². The van der Waals surface area contributed by atoms with E-state index >= 15 is 0 Å². The highest BCUT2D eigenvalue weighted by molar-refractivity contribution is 6.30. The Labute approximate surface area is 187 Å². The molecule has 2 aliphatic rings. The Bertz CT molecular complexity index is 965. The molecule has 1 aromatic heterocycles. The minimum Gasteiger partial charge on any atom is -0.376 e. The SMILES string of the molecule is Clc1ccc([C@@H](c2nnnn2C[C@@H]2CCCO2)N2CCN(c3ccccc3)CC2)cc1. The second-order valence-corrected chi connectivity index (χ2v) is 8.60. The van der Waals surface area contributed by atoms with Crippen molar-refractivity contribution in [3.8, 4) is 0 Å². The largest absolute Gasteiger partial charge is 0.376 e. The summed E-state index contributed by atoms with van der Waals surface area (Å²) in [4.78, 5) is 4.91. The Kier molecular flexibility index (Phi) is 6.15. The maximum atomic E-state index is 6.18. The van der Waals surface area contributed by atoms with Gasteiger partial charge in [-0.3, -0.25) is 4.90 Å². The number of rotatable bonds is 6. The van der Waals surface area contributed by atoms with E-state index < -0.39 is 0 Å². The fraction of sp³-hybridized carbons (Fsp3) is 0.435. The summed E-state index contributed by atoms with van der Waals surface area (Å²) in [5.74, 6) is 0.867. The highest BCUT2D eigenvalue weighted by atomic mass is 35.5. The van der Waals surface area contributed by atoms with Crippen LogP contribution in [0.15, 0.2) is 54.6 Å². The van der Waals surface area contributed by atoms with E-state index in [1.807, 2.05) is 16.8 Å². The fourth-order valence-corrected chi connectivity index (χ4v) is 4.69. The van der Waals surface area contributed by atoms with E-state index in [4.69, 9.17) is 16.3 Å². The van der Waals surface area contributed by atoms with E-state index in [2.05, 4.69) is 67.8 Å². The van der Waals surface area contributed by atoms with Crippen LogP contribution < -0.4 is 4.90 Å². The fourth-order valence-electron chi connectivity index (χ4n) is 4.56. The molecule has 0 spiro atoms. The summed E-state index contributed by atoms with van der Waals surface area (Å²) < 4.78 is 7.77. The van der Waals surface area contributed by atoms with Gasteiger partial charge in [-0.1, -0.05) is 41.9 Å². The van der Waals surface area contributed by atoms with Crippen molar-refractivity contribution in [2.45, 2.75) is 31.5 Å². The van der Waals surface area contributed by atoms with E-state index in [-0.39, 0.29) is 12.1 Å². The van der Waals surface area contributed by atoms with Gasteiger partial charge >= 0.3 is 0 Å². The topological polar surface area (TPSA) is 59.3 Å². The maximum absolute atomic E-state index is 6.18. The van der Waals surface area contributed by atoms with Gasteiger partial charge in [-0.15, -0.1) is 5.10 Å². The average Bonchev–Trinajstić information content (AvgIpc) is 3.49. The zero-order valence-electron chi connectivity index (χ0n) is 17.5. The van der Waals surface area contributed by atoms with Crippen LogP contribution in [0.25, 0.3) is 0 Å². The highest BCUT2D eigenvalue weighted by Gasteiger charge is 2.31. The van der Waals surface area contributed by atoms with Crippen LogP contribution in [0.3, 0.4) is 0 Å². The van der Waals surface area contributed by atoms with Crippen molar-refractivity contribution in [1.82, 2.24) is 25.1 Å². The molecule has 3 heterocycles. The predicted molar refractivity (Wildman–Crippen MR) is 120 cm³/mol. The first-order chi connectivity index (χ1) is 15.3. The van der Waals surface area contributed by atoms with Crippen LogP contribution in [0.5, 0.6) is 0 Å². The van der Waals surface area contributed by atoms with Gasteiger partial charge in [0.05, 0.1) is 18.7 Å². The second kappa shape index (κ2) is 9.34. The van der Waals surface area contributed by atoms with Gasteiger partial charge in [0, 0.05) is 43.5 Å². The molecular formula is C23H27ClN6O. The van der Waals surface area contributed by atoms with E-state index in [9.17, 15) is 0 Å². The van der Waals surface area contributed by atoms with Crippen LogP contribution in [-0.2, 0) is 11.3 Å². The summed E-state index contributed by atoms with van der Waals surface area (Å²) in [7, 11) is 0. The Morgan fingerprint density at radius 3 is 2.48 bits per heavy atom. The molecule has 0 saturated carbocycles. The first-order valence-electron chi connectivity index (χ1n) is 10.9. The number of hydrogen-bond acceptors (Lipinski definition) is 6. The zero-order chi connectivity index (χ0) is 21.0. The predicted octanol–water partition coefficient (Wildman–Crippen LogP) is 3.42. The van der Waals surface area contributed by atoms with E-state index in [0.29, 0.717) is 6.54 Å². The molecule has 0 aliphatic carbocycles. The number of anilines is 1. The third-order valence-electron chi connectivity index (χ3n) is 6.19. The second-order valence-electron chi connectivity index (χ2n) is 8.17. The molecule has 0 unspecified atom stereocenters. The number of aromatic nitrogens is 4. The number of para-hydroxylation sites is 1. The lowest BCUT2D eigenvalue weighted by Crippen LogP contribution is -2.48. The zero-order valence-corrected chi connectivity index (χ0v) is 18.2. The van der Waals surface area contributed by atoms with Gasteiger partial charge in [0.1, 0.15) is 0 Å². The molecule has 2 fully saturated rings. The Morgan fingerprint density at radius 1 is 1.00 bits per heavy atom. The summed E-state index contributed by atoms with van der Waals surface area (Å²) >= 11 is 6.18. The molecule has 0 radical (unpaired) electrons. The summed E-state index contributed by atoms with van der Waals surface area (Å²) in [6.07, 6.45) is 2.34. The summed E-state index contributed by atoms with van der Waals surface area (Å²) in [5.41, 5.74) is 2.43. The molecule has 2 atom stereocenters. The number of tetrazole rings is 1. The van der Waals surface area contributed by atoms with Crippen molar-refractivity contribution in [2.24, 2.45) is 0 Å². The Balaban J connectivity index is 1.40. The van der Waals surface area contributed by atoms with E-state index in [1.54, 1.807) is 0 Å². The van der Waals surface area contributed by atoms with Gasteiger partial charge in [-0.25, -0.2) is 4.68 Å². The molecule has 0 bridgehead atoms. The molecule has 7 nitrogen and oxygen atoms in total. The van der Waals surface area contributed by atoms with Crippen molar-refractivity contribution in [2.75, 3.05) is 37.7 Å². The van der Waals surface area contributed by atoms with Gasteiger partial charge in [0.2, 0.25) is 0 Å². The van der Waals surface area contributed by atoms with Gasteiger partial charge in [0.25, 0.3) is 0 Å². The van der Waals surface area contributed by atoms with Crippen molar-refractivity contribution in [3.63, 3.8) is 0 Å². The summed E-state index contributed by atoms with van der Waals surface area (Å²) in [5, 5.41) is 13.5. The van der Waals surface area contributed by atoms with Crippen molar-refractivity contribution >= 4 is 17.3 Å². The quantitative estimate of drug-likeness (QED) is 0.587. The molecule has 31 heavy (non-hydrogen) atoms. The van der Waals surface area contributed by atoms with Crippen LogP contribution in [0.2, 0.25) is 5.02 Å². The lowest BCUT2D eigenvalue weighted by Gasteiger charge is -2.40. The van der Waals surface area contributed by atoms with Crippen LogP contribution >= 0.6 is 11.6 Å². The molecule has 2 aromatic carbocycles. The number of nitrogens with zero attached hydrogens (tertiary/aromatic N) is 6. The average molecular weight is 439 g/mol. The normalized spacial score (nSPS) is 20.8. The first-order valence-corrected chi connectivity index (χ1v) is 11.3. The van der Waals surface area contributed by atoms with Crippen LogP contribution in [-0.4, -0.2) is 64.0 Å². The van der Waals surface area contributed by atoms with E-state index in [1.165, 1.54) is 5.69 Å². The van der Waals surface area contributed by atoms with Gasteiger partial charge < -0.3 is 9.64 Å². The molecule has 0 N–H and O–H groups in total. The third-order valence-corrected chi connectivity index (χ3v) is 6.44. The summed E-state index contributed by atoms with van der Waals surface area (Å²) in [6.45, 7) is 5.29. The minimum atomic E-state index is -0.0217. The molecule has 0 amide bonds. The molecule has 2 saturated heterocycles. The molecule has 162 valence electrons. The lowest BCUT2D eigenvalue weighted by atomic mass is 10.0. The third kappa shape index (κ3) is 4.59. The Morgan fingerprint density at radius 2 is 1.77 bits per heavy atom. The number of hydrogen-bond donors (Lipinski definition) is 0. The van der Waals surface area contributed by atoms with E-state index in [0.717, 1.165) is 62.0 Å². The standard InChI is InChI=1S/C23H27ClN6O/c24-19-10-8-18(9-11-19)22(23-25-26-27-30(23)17-21-7-4-16-31-21)29-14-12-28(13-15-29)20-5-2-1-3-6-20/h1-3,5-6,8-11,21-22H,4,7,12-17H2/t21-,22-/m0/s1. The summed E-state index contributed by atoms with van der Waals surface area (Å²) in [6, 6.07) is 18.6. The molecule has 2 aliphatic heterocycles. The number of halogens is 1. The van der Waals surface area contributed by atoms with Crippen molar-refractivity contribution < 1.29 is 4.74 Å². The minimum absolute atomic E-state index is 0.0217. The number of benzene rings is 2. The van der Waals surface area contributed by atoms with Crippen LogP contribution in [0.4, 0.5) is 5.69 Å². The molecule has 3 aromatic rings. The van der Waals surface area contributed by atoms with Gasteiger partial charge in [0.15, 0.2) is 5.82 Å². The lowest BCUT2D eigenvalue weighted by molar-refractivity contribution is 0.0906. The molecule has 8 heteroatoms. The van der Waals surface area contributed by atoms with Gasteiger partial charge in [-0.2, -0.15) is 0 Å². The Hall–Kier alpha value is -2.48. The maximum Gasteiger partial charge on any atom is 0.173 e. The monoisotopic (exact) mass is 438 g/mol. The number of piperazine rings is 1. The molecular weight excluding hydrogens is 412 g/mol.